The number of thioether (sulfide) groups is 1. The molecule has 3 heteroatoms. The van der Waals surface area contributed by atoms with Gasteiger partial charge in [-0.1, -0.05) is 26.0 Å². The zero-order valence-electron chi connectivity index (χ0n) is 9.29. The highest BCUT2D eigenvalue weighted by Gasteiger charge is 2.09. The molecule has 0 saturated heterocycles. The van der Waals surface area contributed by atoms with E-state index >= 15 is 0 Å². The first kappa shape index (κ1) is 12.5. The molecule has 0 spiro atoms. The van der Waals surface area contributed by atoms with E-state index in [4.69, 9.17) is 0 Å². The smallest absolute Gasteiger partial charge is 0.123 e. The zero-order valence-corrected chi connectivity index (χ0v) is 10.1. The molecule has 15 heavy (non-hydrogen) atoms. The fraction of sp³-hybridized carbons (Fsp3) is 0.500. The Labute approximate surface area is 95.5 Å². The third kappa shape index (κ3) is 4.22. The molecule has 0 radical (unpaired) electrons. The van der Waals surface area contributed by atoms with Crippen molar-refractivity contribution < 1.29 is 4.39 Å². The second-order valence-electron chi connectivity index (χ2n) is 3.32. The van der Waals surface area contributed by atoms with E-state index < -0.39 is 0 Å². The van der Waals surface area contributed by atoms with E-state index in [0.717, 1.165) is 18.1 Å². The van der Waals surface area contributed by atoms with Crippen molar-refractivity contribution in [1.29, 1.82) is 0 Å². The van der Waals surface area contributed by atoms with Crippen molar-refractivity contribution in [2.45, 2.75) is 19.9 Å². The van der Waals surface area contributed by atoms with Crippen LogP contribution in [0.25, 0.3) is 0 Å². The van der Waals surface area contributed by atoms with Crippen LogP contribution in [0.1, 0.15) is 25.5 Å². The van der Waals surface area contributed by atoms with Gasteiger partial charge in [0.25, 0.3) is 0 Å². The first-order chi connectivity index (χ1) is 7.27. The molecule has 1 unspecified atom stereocenters. The van der Waals surface area contributed by atoms with Crippen LogP contribution in [0.4, 0.5) is 4.39 Å². The lowest BCUT2D eigenvalue weighted by Crippen LogP contribution is -2.23. The van der Waals surface area contributed by atoms with Crippen LogP contribution in [-0.2, 0) is 0 Å². The molecule has 1 aromatic carbocycles. The predicted molar refractivity (Wildman–Crippen MR) is 65.8 cm³/mol. The normalized spacial score (nSPS) is 12.7. The van der Waals surface area contributed by atoms with Crippen LogP contribution in [0, 0.1) is 5.82 Å². The standard InChI is InChI=1S/C12H18FNS/c1-3-14-12(9-15-4-2)10-5-7-11(13)8-6-10/h5-8,12,14H,3-4,9H2,1-2H3. The highest BCUT2D eigenvalue weighted by molar-refractivity contribution is 7.99. The van der Waals surface area contributed by atoms with Crippen LogP contribution >= 0.6 is 11.8 Å². The van der Waals surface area contributed by atoms with E-state index in [2.05, 4.69) is 19.2 Å². The van der Waals surface area contributed by atoms with Crippen molar-refractivity contribution in [3.63, 3.8) is 0 Å². The van der Waals surface area contributed by atoms with Crippen LogP contribution in [0.3, 0.4) is 0 Å². The Balaban J connectivity index is 2.65. The van der Waals surface area contributed by atoms with Gasteiger partial charge in [-0.3, -0.25) is 0 Å². The van der Waals surface area contributed by atoms with Crippen molar-refractivity contribution in [2.75, 3.05) is 18.1 Å². The van der Waals surface area contributed by atoms with Crippen molar-refractivity contribution in [3.05, 3.63) is 35.6 Å². The van der Waals surface area contributed by atoms with Gasteiger partial charge < -0.3 is 5.32 Å². The highest BCUT2D eigenvalue weighted by atomic mass is 32.2. The first-order valence-electron chi connectivity index (χ1n) is 5.34. The van der Waals surface area contributed by atoms with Crippen molar-refractivity contribution in [3.8, 4) is 0 Å². The summed E-state index contributed by atoms with van der Waals surface area (Å²) in [5.41, 5.74) is 1.17. The average molecular weight is 227 g/mol. The maximum atomic E-state index is 12.8. The summed E-state index contributed by atoms with van der Waals surface area (Å²) < 4.78 is 12.8. The molecule has 0 fully saturated rings. The summed E-state index contributed by atoms with van der Waals surface area (Å²) in [7, 11) is 0. The van der Waals surface area contributed by atoms with E-state index in [1.807, 2.05) is 23.9 Å². The van der Waals surface area contributed by atoms with E-state index in [0.29, 0.717) is 6.04 Å². The second kappa shape index (κ2) is 6.85. The van der Waals surface area contributed by atoms with Gasteiger partial charge >= 0.3 is 0 Å². The number of rotatable bonds is 6. The summed E-state index contributed by atoms with van der Waals surface area (Å²) in [4.78, 5) is 0. The topological polar surface area (TPSA) is 12.0 Å². The van der Waals surface area contributed by atoms with Gasteiger partial charge in [0, 0.05) is 11.8 Å². The largest absolute Gasteiger partial charge is 0.310 e. The Morgan fingerprint density at radius 2 is 1.93 bits per heavy atom. The minimum atomic E-state index is -0.169. The molecule has 0 aliphatic carbocycles. The van der Waals surface area contributed by atoms with Crippen LogP contribution in [0.15, 0.2) is 24.3 Å². The summed E-state index contributed by atoms with van der Waals surface area (Å²) in [5.74, 6) is 1.98. The molecule has 0 saturated carbocycles. The molecular formula is C12H18FNS. The molecular weight excluding hydrogens is 209 g/mol. The Morgan fingerprint density at radius 1 is 1.27 bits per heavy atom. The van der Waals surface area contributed by atoms with Crippen LogP contribution < -0.4 is 5.32 Å². The second-order valence-corrected chi connectivity index (χ2v) is 4.64. The summed E-state index contributed by atoms with van der Waals surface area (Å²) in [6.45, 7) is 5.18. The van der Waals surface area contributed by atoms with Gasteiger partial charge in [-0.25, -0.2) is 4.39 Å². The summed E-state index contributed by atoms with van der Waals surface area (Å²) in [6.07, 6.45) is 0. The Morgan fingerprint density at radius 3 is 2.47 bits per heavy atom. The third-order valence-corrected chi connectivity index (χ3v) is 3.19. The number of nitrogens with one attached hydrogen (secondary N) is 1. The summed E-state index contributed by atoms with van der Waals surface area (Å²) in [6, 6.07) is 7.10. The van der Waals surface area contributed by atoms with Gasteiger partial charge in [-0.15, -0.1) is 0 Å². The molecule has 1 atom stereocenters. The molecule has 1 rings (SSSR count). The first-order valence-corrected chi connectivity index (χ1v) is 6.50. The lowest BCUT2D eigenvalue weighted by molar-refractivity contribution is 0.598. The molecule has 0 aliphatic rings. The Bertz CT molecular complexity index is 273. The van der Waals surface area contributed by atoms with Crippen molar-refractivity contribution >= 4 is 11.8 Å². The number of benzene rings is 1. The predicted octanol–water partition coefficient (Wildman–Crippen LogP) is 3.23. The van der Waals surface area contributed by atoms with Gasteiger partial charge in [-0.05, 0) is 30.0 Å². The van der Waals surface area contributed by atoms with Gasteiger partial charge in [0.05, 0.1) is 0 Å². The number of hydrogen-bond acceptors (Lipinski definition) is 2. The lowest BCUT2D eigenvalue weighted by Gasteiger charge is -2.17. The highest BCUT2D eigenvalue weighted by Crippen LogP contribution is 2.18. The van der Waals surface area contributed by atoms with Crippen LogP contribution in [0.2, 0.25) is 0 Å². The zero-order chi connectivity index (χ0) is 11.1. The van der Waals surface area contributed by atoms with Crippen molar-refractivity contribution in [1.82, 2.24) is 5.32 Å². The van der Waals surface area contributed by atoms with Crippen LogP contribution in [-0.4, -0.2) is 18.1 Å². The van der Waals surface area contributed by atoms with E-state index in [-0.39, 0.29) is 5.82 Å². The number of halogens is 1. The third-order valence-electron chi connectivity index (χ3n) is 2.21. The summed E-state index contributed by atoms with van der Waals surface area (Å²) >= 11 is 1.90. The summed E-state index contributed by atoms with van der Waals surface area (Å²) in [5, 5.41) is 3.41. The molecule has 0 bridgehead atoms. The Kier molecular flexibility index (Phi) is 5.73. The average Bonchev–Trinajstić information content (AvgIpc) is 2.25. The van der Waals surface area contributed by atoms with E-state index in [1.54, 1.807) is 0 Å². The molecule has 1 nitrogen and oxygen atoms in total. The minimum Gasteiger partial charge on any atom is -0.310 e. The molecule has 1 aromatic rings. The number of hydrogen-bond donors (Lipinski definition) is 1. The van der Waals surface area contributed by atoms with Gasteiger partial charge in [0.15, 0.2) is 0 Å². The van der Waals surface area contributed by atoms with Gasteiger partial charge in [0.1, 0.15) is 5.82 Å². The quantitative estimate of drug-likeness (QED) is 0.800. The fourth-order valence-corrected chi connectivity index (χ4v) is 2.23. The molecule has 84 valence electrons. The fourth-order valence-electron chi connectivity index (χ4n) is 1.45. The minimum absolute atomic E-state index is 0.169. The molecule has 0 aromatic heterocycles. The molecule has 0 aliphatic heterocycles. The Hall–Kier alpha value is -0.540. The van der Waals surface area contributed by atoms with Gasteiger partial charge in [0.2, 0.25) is 0 Å². The molecule has 0 heterocycles. The van der Waals surface area contributed by atoms with Crippen LogP contribution in [0.5, 0.6) is 0 Å². The molecule has 0 amide bonds. The van der Waals surface area contributed by atoms with E-state index in [1.165, 1.54) is 17.7 Å². The lowest BCUT2D eigenvalue weighted by atomic mass is 10.1. The monoisotopic (exact) mass is 227 g/mol. The SMILES string of the molecule is CCNC(CSCC)c1ccc(F)cc1. The maximum absolute atomic E-state index is 12.8. The molecule has 1 N–H and O–H groups in total. The van der Waals surface area contributed by atoms with E-state index in [9.17, 15) is 4.39 Å². The van der Waals surface area contributed by atoms with Crippen molar-refractivity contribution in [2.24, 2.45) is 0 Å². The maximum Gasteiger partial charge on any atom is 0.123 e. The van der Waals surface area contributed by atoms with Gasteiger partial charge in [-0.2, -0.15) is 11.8 Å².